The molecular weight excluding hydrogens is 186 g/mol. The van der Waals surface area contributed by atoms with Gasteiger partial charge in [0.05, 0.1) is 11.6 Å². The lowest BCUT2D eigenvalue weighted by atomic mass is 10.1. The summed E-state index contributed by atoms with van der Waals surface area (Å²) in [6, 6.07) is 8.66. The number of hydroxylamine groups is 1. The van der Waals surface area contributed by atoms with Crippen molar-refractivity contribution in [2.45, 2.75) is 46.3 Å². The summed E-state index contributed by atoms with van der Waals surface area (Å²) in [5, 5.41) is 0. The Bertz CT molecular complexity index is 315. The second kappa shape index (κ2) is 4.77. The summed E-state index contributed by atoms with van der Waals surface area (Å²) in [6.07, 6.45) is 0. The summed E-state index contributed by atoms with van der Waals surface area (Å²) in [7, 11) is 0. The summed E-state index contributed by atoms with van der Waals surface area (Å²) < 4.78 is 0. The van der Waals surface area contributed by atoms with Crippen LogP contribution in [-0.4, -0.2) is 5.60 Å². The van der Waals surface area contributed by atoms with E-state index in [4.69, 9.17) is 4.84 Å². The van der Waals surface area contributed by atoms with Gasteiger partial charge in [0.15, 0.2) is 0 Å². The van der Waals surface area contributed by atoms with Crippen molar-refractivity contribution in [1.82, 2.24) is 5.48 Å². The zero-order chi connectivity index (χ0) is 11.5. The van der Waals surface area contributed by atoms with Crippen LogP contribution in [0.15, 0.2) is 24.3 Å². The number of rotatable bonds is 3. The molecule has 0 saturated heterocycles. The van der Waals surface area contributed by atoms with Crippen molar-refractivity contribution < 1.29 is 4.84 Å². The Morgan fingerprint density at radius 3 is 2.47 bits per heavy atom. The van der Waals surface area contributed by atoms with Crippen LogP contribution in [0.2, 0.25) is 0 Å². The molecule has 0 spiro atoms. The normalized spacial score (nSPS) is 13.9. The summed E-state index contributed by atoms with van der Waals surface area (Å²) >= 11 is 0. The predicted octanol–water partition coefficient (Wildman–Crippen LogP) is 3.38. The lowest BCUT2D eigenvalue weighted by Gasteiger charge is -2.23. The lowest BCUT2D eigenvalue weighted by Crippen LogP contribution is -2.30. The molecule has 2 heteroatoms. The number of hydrogen-bond donors (Lipinski definition) is 1. The smallest absolute Gasteiger partial charge is 0.0813 e. The molecule has 2 nitrogen and oxygen atoms in total. The maximum Gasteiger partial charge on any atom is 0.0813 e. The van der Waals surface area contributed by atoms with Crippen LogP contribution < -0.4 is 5.48 Å². The molecule has 15 heavy (non-hydrogen) atoms. The number of hydrogen-bond acceptors (Lipinski definition) is 2. The molecule has 0 aliphatic heterocycles. The van der Waals surface area contributed by atoms with Gasteiger partial charge in [0.25, 0.3) is 0 Å². The van der Waals surface area contributed by atoms with Gasteiger partial charge in [0, 0.05) is 0 Å². The lowest BCUT2D eigenvalue weighted by molar-refractivity contribution is -0.0866. The van der Waals surface area contributed by atoms with Crippen LogP contribution in [0.3, 0.4) is 0 Å². The van der Waals surface area contributed by atoms with E-state index in [1.807, 2.05) is 20.8 Å². The van der Waals surface area contributed by atoms with Gasteiger partial charge in [-0.15, -0.1) is 0 Å². The van der Waals surface area contributed by atoms with E-state index in [1.165, 1.54) is 11.1 Å². The van der Waals surface area contributed by atoms with Gasteiger partial charge in [-0.1, -0.05) is 29.8 Å². The minimum atomic E-state index is -0.155. The fraction of sp³-hybridized carbons (Fsp3) is 0.538. The van der Waals surface area contributed by atoms with E-state index in [1.54, 1.807) is 0 Å². The Kier molecular flexibility index (Phi) is 3.89. The van der Waals surface area contributed by atoms with E-state index in [2.05, 4.69) is 43.6 Å². The number of aryl methyl sites for hydroxylation is 1. The highest BCUT2D eigenvalue weighted by Gasteiger charge is 2.13. The van der Waals surface area contributed by atoms with Gasteiger partial charge in [-0.05, 0) is 40.2 Å². The number of benzene rings is 1. The third kappa shape index (κ3) is 4.45. The van der Waals surface area contributed by atoms with E-state index >= 15 is 0 Å². The molecule has 0 radical (unpaired) electrons. The van der Waals surface area contributed by atoms with Crippen molar-refractivity contribution in [1.29, 1.82) is 0 Å². The summed E-state index contributed by atoms with van der Waals surface area (Å²) in [5.74, 6) is 0. The summed E-state index contributed by atoms with van der Waals surface area (Å²) in [6.45, 7) is 10.3. The van der Waals surface area contributed by atoms with Crippen molar-refractivity contribution in [3.8, 4) is 0 Å². The van der Waals surface area contributed by atoms with Gasteiger partial charge in [0.2, 0.25) is 0 Å². The molecular formula is C13H21NO. The van der Waals surface area contributed by atoms with Crippen molar-refractivity contribution in [2.75, 3.05) is 0 Å². The highest BCUT2D eigenvalue weighted by molar-refractivity contribution is 5.24. The van der Waals surface area contributed by atoms with Crippen molar-refractivity contribution >= 4 is 0 Å². The topological polar surface area (TPSA) is 21.3 Å². The van der Waals surface area contributed by atoms with Crippen molar-refractivity contribution in [3.05, 3.63) is 35.4 Å². The molecule has 0 bridgehead atoms. The average Bonchev–Trinajstić information content (AvgIpc) is 2.13. The zero-order valence-corrected chi connectivity index (χ0v) is 10.3. The van der Waals surface area contributed by atoms with Gasteiger partial charge in [-0.2, -0.15) is 5.48 Å². The Morgan fingerprint density at radius 1 is 1.27 bits per heavy atom. The van der Waals surface area contributed by atoms with E-state index in [0.29, 0.717) is 0 Å². The first-order valence-corrected chi connectivity index (χ1v) is 5.38. The van der Waals surface area contributed by atoms with E-state index in [9.17, 15) is 0 Å². The first-order chi connectivity index (χ1) is 6.88. The molecule has 1 N–H and O–H groups in total. The highest BCUT2D eigenvalue weighted by Crippen LogP contribution is 2.15. The predicted molar refractivity (Wildman–Crippen MR) is 63.6 cm³/mol. The van der Waals surface area contributed by atoms with Crippen LogP contribution in [0.1, 0.15) is 44.9 Å². The molecule has 0 aliphatic rings. The molecule has 1 atom stereocenters. The Hall–Kier alpha value is -0.860. The standard InChI is InChI=1S/C13H21NO/c1-10-7-6-8-12(9-10)11(2)14-15-13(3,4)5/h6-9,11,14H,1-5H3. The van der Waals surface area contributed by atoms with Gasteiger partial charge < -0.3 is 0 Å². The van der Waals surface area contributed by atoms with Gasteiger partial charge in [-0.3, -0.25) is 4.84 Å². The van der Waals surface area contributed by atoms with Crippen molar-refractivity contribution in [3.63, 3.8) is 0 Å². The Labute approximate surface area is 92.6 Å². The molecule has 84 valence electrons. The Morgan fingerprint density at radius 2 is 1.93 bits per heavy atom. The van der Waals surface area contributed by atoms with Crippen LogP contribution in [0.4, 0.5) is 0 Å². The molecule has 0 saturated carbocycles. The van der Waals surface area contributed by atoms with Crippen molar-refractivity contribution in [2.24, 2.45) is 0 Å². The largest absolute Gasteiger partial charge is 0.296 e. The molecule has 0 fully saturated rings. The third-order valence-corrected chi connectivity index (χ3v) is 2.08. The second-order valence-electron chi connectivity index (χ2n) is 4.97. The van der Waals surface area contributed by atoms with Crippen LogP contribution in [0, 0.1) is 6.92 Å². The van der Waals surface area contributed by atoms with E-state index < -0.39 is 0 Å². The molecule has 0 aromatic heterocycles. The van der Waals surface area contributed by atoms with E-state index in [0.717, 1.165) is 0 Å². The monoisotopic (exact) mass is 207 g/mol. The number of nitrogens with one attached hydrogen (secondary N) is 1. The van der Waals surface area contributed by atoms with Crippen LogP contribution in [0.25, 0.3) is 0 Å². The maximum absolute atomic E-state index is 5.54. The zero-order valence-electron chi connectivity index (χ0n) is 10.3. The van der Waals surface area contributed by atoms with Crippen LogP contribution in [0.5, 0.6) is 0 Å². The van der Waals surface area contributed by atoms with E-state index in [-0.39, 0.29) is 11.6 Å². The molecule has 1 aromatic carbocycles. The van der Waals surface area contributed by atoms with Crippen LogP contribution >= 0.6 is 0 Å². The quantitative estimate of drug-likeness (QED) is 0.767. The fourth-order valence-corrected chi connectivity index (χ4v) is 1.27. The molecule has 1 aromatic rings. The highest BCUT2D eigenvalue weighted by atomic mass is 16.7. The first kappa shape index (κ1) is 12.2. The molecule has 0 amide bonds. The maximum atomic E-state index is 5.54. The first-order valence-electron chi connectivity index (χ1n) is 5.38. The minimum absolute atomic E-state index is 0.155. The fourth-order valence-electron chi connectivity index (χ4n) is 1.27. The third-order valence-electron chi connectivity index (χ3n) is 2.08. The SMILES string of the molecule is Cc1cccc(C(C)NOC(C)(C)C)c1. The molecule has 1 unspecified atom stereocenters. The van der Waals surface area contributed by atoms with Gasteiger partial charge in [-0.25, -0.2) is 0 Å². The molecule has 1 rings (SSSR count). The van der Waals surface area contributed by atoms with Gasteiger partial charge >= 0.3 is 0 Å². The minimum Gasteiger partial charge on any atom is -0.296 e. The molecule has 0 aliphatic carbocycles. The second-order valence-corrected chi connectivity index (χ2v) is 4.97. The van der Waals surface area contributed by atoms with Crippen LogP contribution in [-0.2, 0) is 4.84 Å². The summed E-state index contributed by atoms with van der Waals surface area (Å²) in [4.78, 5) is 5.54. The molecule has 0 heterocycles. The average molecular weight is 207 g/mol. The Balaban J connectivity index is 2.58. The summed E-state index contributed by atoms with van der Waals surface area (Å²) in [5.41, 5.74) is 5.44. The van der Waals surface area contributed by atoms with Gasteiger partial charge in [0.1, 0.15) is 0 Å².